The molecule has 0 aromatic heterocycles. The van der Waals surface area contributed by atoms with Crippen molar-refractivity contribution in [2.24, 2.45) is 23.5 Å². The quantitative estimate of drug-likeness (QED) is 0.0294. The number of hydrogen-bond acceptors (Lipinski definition) is 17. The van der Waals surface area contributed by atoms with Crippen LogP contribution >= 0.6 is 0 Å². The van der Waals surface area contributed by atoms with Gasteiger partial charge >= 0.3 is 0 Å². The van der Waals surface area contributed by atoms with Crippen LogP contribution < -0.4 is 27.0 Å². The Kier molecular flexibility index (Phi) is 26.8. The Labute approximate surface area is 450 Å². The lowest BCUT2D eigenvalue weighted by atomic mass is 9.91. The molecule has 16 atom stereocenters. The molecule has 1 aromatic rings. The molecule has 15 N–H and O–H groups in total. The summed E-state index contributed by atoms with van der Waals surface area (Å²) in [4.78, 5) is 109. The van der Waals surface area contributed by atoms with Crippen LogP contribution in [0.3, 0.4) is 0 Å². The predicted molar refractivity (Wildman–Crippen MR) is 278 cm³/mol. The Morgan fingerprint density at radius 3 is 1.99 bits per heavy atom. The molecule has 0 radical (unpaired) electrons. The largest absolute Gasteiger partial charge is 0.508 e. The van der Waals surface area contributed by atoms with E-state index in [0.717, 1.165) is 62.2 Å². The fraction of sp³-hybridized carbons (Fsp3) is 0.736. The van der Waals surface area contributed by atoms with Crippen LogP contribution in [-0.4, -0.2) is 189 Å². The van der Waals surface area contributed by atoms with Crippen molar-refractivity contribution < 1.29 is 84.3 Å². The number of phenols is 1. The highest BCUT2D eigenvalue weighted by atomic mass is 16.3. The third-order valence-corrected chi connectivity index (χ3v) is 14.8. The fourth-order valence-electron chi connectivity index (χ4n) is 9.85. The lowest BCUT2D eigenvalue weighted by Gasteiger charge is -2.33. The number of carbonyl (C=O) groups excluding carboxylic acids is 8. The van der Waals surface area contributed by atoms with E-state index in [1.165, 1.54) is 38.5 Å². The summed E-state index contributed by atoms with van der Waals surface area (Å²) in [6, 6.07) is -4.66. The van der Waals surface area contributed by atoms with Crippen LogP contribution in [0.1, 0.15) is 149 Å². The number of likely N-dealkylation sites (tertiary alicyclic amines) is 2. The van der Waals surface area contributed by atoms with Gasteiger partial charge in [-0.3, -0.25) is 38.4 Å². The van der Waals surface area contributed by atoms with Gasteiger partial charge in [-0.2, -0.15) is 0 Å². The number of aryl methyl sites for hydroxylation is 1. The Morgan fingerprint density at radius 1 is 0.753 bits per heavy atom. The number of nitrogens with one attached hydrogen (secondary N) is 4. The number of aliphatic hydroxyl groups is 8. The number of Topliss-reactive ketones (excluding diaryl/α,β-unsaturated/α-hetero) is 1. The number of aliphatic hydroxyl groups excluding tert-OH is 8. The molecule has 0 spiro atoms. The monoisotopic (exact) mass is 1090 g/mol. The summed E-state index contributed by atoms with van der Waals surface area (Å²) in [6.45, 7) is 11.0. The van der Waals surface area contributed by atoms with Crippen molar-refractivity contribution in [2.75, 3.05) is 13.1 Å². The second kappa shape index (κ2) is 31.3. The first-order chi connectivity index (χ1) is 36.1. The molecule has 2 aliphatic rings. The Morgan fingerprint density at radius 2 is 1.39 bits per heavy atom. The van der Waals surface area contributed by atoms with Gasteiger partial charge in [-0.1, -0.05) is 78.7 Å². The minimum atomic E-state index is -2.21. The van der Waals surface area contributed by atoms with Crippen molar-refractivity contribution in [1.82, 2.24) is 31.1 Å². The maximum absolute atomic E-state index is 14.3. The highest BCUT2D eigenvalue weighted by Gasteiger charge is 2.47. The van der Waals surface area contributed by atoms with Crippen LogP contribution in [0, 0.1) is 24.7 Å². The molecule has 2 saturated heterocycles. The number of benzene rings is 1. The zero-order valence-electron chi connectivity index (χ0n) is 45.5. The van der Waals surface area contributed by atoms with Crippen molar-refractivity contribution in [3.8, 4) is 5.75 Å². The average molecular weight is 1090 g/mol. The van der Waals surface area contributed by atoms with Crippen molar-refractivity contribution in [1.29, 1.82) is 0 Å². The number of phenolic OH excluding ortho intramolecular Hbond substituents is 1. The minimum absolute atomic E-state index is 0.0795. The van der Waals surface area contributed by atoms with E-state index < -0.39 is 158 Å². The first-order valence-corrected chi connectivity index (χ1v) is 26.9. The number of carbonyl (C=O) groups is 8. The average Bonchev–Trinajstić information content (AvgIpc) is 3.96. The molecule has 1 aromatic carbocycles. The van der Waals surface area contributed by atoms with Crippen molar-refractivity contribution in [3.05, 3.63) is 29.3 Å². The zero-order valence-corrected chi connectivity index (χ0v) is 45.5. The molecule has 0 bridgehead atoms. The van der Waals surface area contributed by atoms with Crippen molar-refractivity contribution in [2.45, 2.75) is 218 Å². The first kappa shape index (κ1) is 65.9. The third-order valence-electron chi connectivity index (χ3n) is 14.8. The summed E-state index contributed by atoms with van der Waals surface area (Å²) >= 11 is 0. The van der Waals surface area contributed by atoms with Gasteiger partial charge in [0.25, 0.3) is 0 Å². The van der Waals surface area contributed by atoms with Crippen LogP contribution in [-0.2, 0) is 38.4 Å². The molecule has 0 unspecified atom stereocenters. The minimum Gasteiger partial charge on any atom is -0.508 e. The SMILES string of the molecule is CC[C@H](C)C[C@H](C)CCCCCCCCC(=O)N[C@@H](C[C@@H](O)[C@@H](O)NC(=O)[C@@H]1[C@@H](O)CCN1C(=O)[C@@H](C)[C@H](O)CC(N)=O)C(=O)N[C@H](C(=O)N1C[C@H](O)C[C@H]1C(=O)N[C@H](C(C)=O)[C@H](O)[C@@H](O)c1ccc(O)c(C)c1)[C@@H](C)O. The number of aromatic hydroxyl groups is 1. The summed E-state index contributed by atoms with van der Waals surface area (Å²) in [7, 11) is 0. The number of nitrogens with zero attached hydrogens (tertiary/aromatic N) is 2. The van der Waals surface area contributed by atoms with Gasteiger partial charge < -0.3 is 82.8 Å². The van der Waals surface area contributed by atoms with Gasteiger partial charge in [-0.05, 0) is 75.1 Å². The number of unbranched alkanes of at least 4 members (excludes halogenated alkanes) is 5. The van der Waals surface area contributed by atoms with E-state index >= 15 is 0 Å². The molecule has 2 aliphatic heterocycles. The van der Waals surface area contributed by atoms with Crippen molar-refractivity contribution in [3.63, 3.8) is 0 Å². The van der Waals surface area contributed by atoms with E-state index in [0.29, 0.717) is 30.2 Å². The van der Waals surface area contributed by atoms with E-state index in [1.807, 2.05) is 0 Å². The zero-order chi connectivity index (χ0) is 58.0. The number of rotatable bonds is 32. The van der Waals surface area contributed by atoms with Crippen LogP contribution in [0.5, 0.6) is 5.75 Å². The Hall–Kier alpha value is -5.34. The van der Waals surface area contributed by atoms with Gasteiger partial charge in [-0.25, -0.2) is 0 Å². The Bertz CT molecular complexity index is 2150. The van der Waals surface area contributed by atoms with E-state index in [1.54, 1.807) is 0 Å². The topological polar surface area (TPSA) is 399 Å². The number of amides is 7. The van der Waals surface area contributed by atoms with Crippen LogP contribution in [0.15, 0.2) is 18.2 Å². The number of nitrogens with two attached hydrogens (primary N) is 1. The molecule has 7 amide bonds. The second-order valence-corrected chi connectivity index (χ2v) is 21.5. The molecule has 24 heteroatoms. The first-order valence-electron chi connectivity index (χ1n) is 26.9. The lowest BCUT2D eigenvalue weighted by Crippen LogP contribution is -2.61. The lowest BCUT2D eigenvalue weighted by molar-refractivity contribution is -0.148. The number of β-amino-alcohol motifs (C(OH)–C–C–N with tert-alkyl or cyclic N) is 1. The van der Waals surface area contributed by atoms with E-state index in [2.05, 4.69) is 42.0 Å². The number of ketones is 1. The maximum Gasteiger partial charge on any atom is 0.248 e. The van der Waals surface area contributed by atoms with Crippen LogP contribution in [0.4, 0.5) is 0 Å². The molecule has 2 fully saturated rings. The van der Waals surface area contributed by atoms with E-state index in [9.17, 15) is 84.3 Å². The highest BCUT2D eigenvalue weighted by molar-refractivity contribution is 5.96. The summed E-state index contributed by atoms with van der Waals surface area (Å²) in [5, 5.41) is 106. The maximum atomic E-state index is 14.3. The smallest absolute Gasteiger partial charge is 0.248 e. The normalized spacial score (nSPS) is 22.2. The summed E-state index contributed by atoms with van der Waals surface area (Å²) in [5.41, 5.74) is 5.61. The standard InChI is InChI=1S/C53H87N7O17/c1-8-27(2)21-28(3)15-13-11-9-10-12-14-16-42(69)55-35(24-40(67)50(74)58-51(75)45-38(65)19-20-59(45)52(76)30(5)39(66)25-41(54)68)48(72)57-44(32(7)62)53(77)60-26-34(63)23-36(60)49(73)56-43(31(6)61)47(71)46(70)33-17-18-37(64)29(4)22-33/h17-18,22,27-28,30,32,34-36,38-40,43-47,50,62-67,70-71,74H,8-16,19-21,23-26H2,1-7H3,(H2,54,68)(H,55,69)(H,56,73)(H,57,72)(H,58,75)/t27-,28+,30-,32+,34+,35-,36-,38-,39+,40+,43+,44-,45-,46-,47-,50+/m0/s1. The molecule has 3 rings (SSSR count). The highest BCUT2D eigenvalue weighted by Crippen LogP contribution is 2.28. The summed E-state index contributed by atoms with van der Waals surface area (Å²) < 4.78 is 0. The summed E-state index contributed by atoms with van der Waals surface area (Å²) in [5.74, 6) is -7.69. The molecule has 77 heavy (non-hydrogen) atoms. The van der Waals surface area contributed by atoms with E-state index in [-0.39, 0.29) is 30.7 Å². The van der Waals surface area contributed by atoms with Crippen LogP contribution in [0.25, 0.3) is 0 Å². The molecular weight excluding hydrogens is 1010 g/mol. The van der Waals surface area contributed by atoms with Gasteiger partial charge in [-0.15, -0.1) is 0 Å². The molecule has 2 heterocycles. The molecule has 24 nitrogen and oxygen atoms in total. The van der Waals surface area contributed by atoms with Gasteiger partial charge in [0.1, 0.15) is 54.3 Å². The third kappa shape index (κ3) is 19.8. The molecule has 0 aliphatic carbocycles. The predicted octanol–water partition coefficient (Wildman–Crippen LogP) is -1.31. The summed E-state index contributed by atoms with van der Waals surface area (Å²) in [6.07, 6.45) is -7.50. The van der Waals surface area contributed by atoms with Crippen molar-refractivity contribution >= 4 is 47.1 Å². The second-order valence-electron chi connectivity index (χ2n) is 21.5. The molecule has 436 valence electrons. The van der Waals surface area contributed by atoms with Gasteiger partial charge in [0, 0.05) is 32.4 Å². The van der Waals surface area contributed by atoms with E-state index in [4.69, 9.17) is 5.73 Å². The Balaban J connectivity index is 1.80. The molecular formula is C53H87N7O17. The van der Waals surface area contributed by atoms with Gasteiger partial charge in [0.2, 0.25) is 41.4 Å². The van der Waals surface area contributed by atoms with Gasteiger partial charge in [0.05, 0.1) is 36.8 Å². The number of primary amides is 1. The molecule has 0 saturated carbocycles. The number of hydrogen-bond donors (Lipinski definition) is 14. The van der Waals surface area contributed by atoms with Gasteiger partial charge in [0.15, 0.2) is 12.0 Å². The fourth-order valence-corrected chi connectivity index (χ4v) is 9.85. The van der Waals surface area contributed by atoms with Crippen LogP contribution in [0.2, 0.25) is 0 Å².